The normalized spacial score (nSPS) is 11.8. The number of benzene rings is 12. The smallest absolute Gasteiger partial charge is 0.143 e. The van der Waals surface area contributed by atoms with Gasteiger partial charge in [-0.05, 0) is 115 Å². The summed E-state index contributed by atoms with van der Waals surface area (Å²) in [5.74, 6) is 0. The fraction of sp³-hybridized carbons (Fsp3) is 0. The van der Waals surface area contributed by atoms with Gasteiger partial charge in [-0.2, -0.15) is 0 Å². The quantitative estimate of drug-likeness (QED) is 0.149. The number of hydrogen-bond donors (Lipinski definition) is 0. The van der Waals surface area contributed by atoms with Gasteiger partial charge >= 0.3 is 0 Å². The highest BCUT2D eigenvalue weighted by Gasteiger charge is 2.20. The minimum absolute atomic E-state index is 0.909. The van der Waals surface area contributed by atoms with Crippen molar-refractivity contribution in [3.05, 3.63) is 255 Å². The lowest BCUT2D eigenvalue weighted by Gasteiger charge is -2.27. The fourth-order valence-electron chi connectivity index (χ4n) is 11.0. The summed E-state index contributed by atoms with van der Waals surface area (Å²) in [6, 6.07) is 92.5. The van der Waals surface area contributed by atoms with Crippen molar-refractivity contribution in [1.82, 2.24) is 4.57 Å². The summed E-state index contributed by atoms with van der Waals surface area (Å²) in [5.41, 5.74) is 15.4. The van der Waals surface area contributed by atoms with Crippen molar-refractivity contribution >= 4 is 93.1 Å². The second-order valence-corrected chi connectivity index (χ2v) is 18.0. The molecular formula is C66H42N2O. The van der Waals surface area contributed by atoms with Gasteiger partial charge in [0.15, 0.2) is 0 Å². The molecule has 3 nitrogen and oxygen atoms in total. The Kier molecular flexibility index (Phi) is 8.90. The number of fused-ring (bicyclic) bond motifs is 12. The largest absolute Gasteiger partial charge is 0.455 e. The zero-order valence-electron chi connectivity index (χ0n) is 37.6. The van der Waals surface area contributed by atoms with Crippen LogP contribution in [0.5, 0.6) is 0 Å². The predicted octanol–water partition coefficient (Wildman–Crippen LogP) is 18.6. The van der Waals surface area contributed by atoms with E-state index in [1.54, 1.807) is 0 Å². The number of anilines is 3. The monoisotopic (exact) mass is 878 g/mol. The third-order valence-corrected chi connectivity index (χ3v) is 14.2. The van der Waals surface area contributed by atoms with Gasteiger partial charge in [0.05, 0.1) is 16.7 Å². The molecule has 0 N–H and O–H groups in total. The Labute approximate surface area is 399 Å². The summed E-state index contributed by atoms with van der Waals surface area (Å²) in [7, 11) is 0. The molecule has 0 amide bonds. The average molecular weight is 879 g/mol. The Hall–Kier alpha value is -9.18. The molecule has 2 heterocycles. The molecule has 322 valence electrons. The van der Waals surface area contributed by atoms with E-state index >= 15 is 0 Å². The number of hydrogen-bond acceptors (Lipinski definition) is 2. The zero-order chi connectivity index (χ0) is 45.4. The van der Waals surface area contributed by atoms with Gasteiger partial charge in [0.1, 0.15) is 11.2 Å². The van der Waals surface area contributed by atoms with Crippen molar-refractivity contribution in [2.75, 3.05) is 4.90 Å². The average Bonchev–Trinajstić information content (AvgIpc) is 3.98. The van der Waals surface area contributed by atoms with E-state index in [2.05, 4.69) is 252 Å². The maximum Gasteiger partial charge on any atom is 0.143 e. The topological polar surface area (TPSA) is 21.3 Å². The summed E-state index contributed by atoms with van der Waals surface area (Å²) in [5, 5.41) is 12.3. The van der Waals surface area contributed by atoms with Crippen LogP contribution >= 0.6 is 0 Å². The van der Waals surface area contributed by atoms with E-state index in [9.17, 15) is 0 Å². The van der Waals surface area contributed by atoms with E-state index in [0.29, 0.717) is 0 Å². The lowest BCUT2D eigenvalue weighted by atomic mass is 9.94. The molecule has 0 unspecified atom stereocenters. The first kappa shape index (κ1) is 39.0. The van der Waals surface area contributed by atoms with Crippen molar-refractivity contribution in [2.45, 2.75) is 0 Å². The maximum absolute atomic E-state index is 6.41. The number of nitrogens with zero attached hydrogens (tertiary/aromatic N) is 2. The summed E-state index contributed by atoms with van der Waals surface area (Å²) in [6.07, 6.45) is 0. The van der Waals surface area contributed by atoms with Crippen molar-refractivity contribution < 1.29 is 4.42 Å². The highest BCUT2D eigenvalue weighted by molar-refractivity contribution is 6.26. The van der Waals surface area contributed by atoms with Crippen LogP contribution in [0.4, 0.5) is 17.1 Å². The summed E-state index contributed by atoms with van der Waals surface area (Å²) >= 11 is 0. The fourth-order valence-corrected chi connectivity index (χ4v) is 11.0. The molecular weight excluding hydrogens is 837 g/mol. The van der Waals surface area contributed by atoms with Crippen LogP contribution in [-0.4, -0.2) is 4.57 Å². The van der Waals surface area contributed by atoms with Gasteiger partial charge in [-0.15, -0.1) is 0 Å². The number of aromatic nitrogens is 1. The molecule has 0 aliphatic rings. The molecule has 14 rings (SSSR count). The highest BCUT2D eigenvalue weighted by atomic mass is 16.3. The molecule has 0 aliphatic heterocycles. The first-order valence-corrected chi connectivity index (χ1v) is 23.7. The van der Waals surface area contributed by atoms with Crippen molar-refractivity contribution in [3.8, 4) is 39.1 Å². The van der Waals surface area contributed by atoms with Crippen LogP contribution < -0.4 is 4.90 Å². The third-order valence-electron chi connectivity index (χ3n) is 14.2. The number of para-hydroxylation sites is 5. The molecule has 0 atom stereocenters. The van der Waals surface area contributed by atoms with Crippen molar-refractivity contribution in [3.63, 3.8) is 0 Å². The van der Waals surface area contributed by atoms with Crippen LogP contribution in [0.3, 0.4) is 0 Å². The molecule has 0 aliphatic carbocycles. The first-order chi connectivity index (χ1) is 34.2. The van der Waals surface area contributed by atoms with Crippen molar-refractivity contribution in [2.24, 2.45) is 0 Å². The van der Waals surface area contributed by atoms with Gasteiger partial charge in [-0.3, -0.25) is 0 Å². The summed E-state index contributed by atoms with van der Waals surface area (Å²) in [4.78, 5) is 2.41. The third kappa shape index (κ3) is 6.29. The summed E-state index contributed by atoms with van der Waals surface area (Å²) in [6.45, 7) is 0. The van der Waals surface area contributed by atoms with Gasteiger partial charge in [-0.25, -0.2) is 0 Å². The lowest BCUT2D eigenvalue weighted by molar-refractivity contribution is 0.670. The minimum atomic E-state index is 0.909. The van der Waals surface area contributed by atoms with E-state index < -0.39 is 0 Å². The Morgan fingerprint density at radius 1 is 0.275 bits per heavy atom. The molecule has 0 saturated heterocycles. The van der Waals surface area contributed by atoms with Crippen LogP contribution in [0.15, 0.2) is 259 Å². The lowest BCUT2D eigenvalue weighted by Crippen LogP contribution is -2.10. The Balaban J connectivity index is 0.902. The van der Waals surface area contributed by atoms with E-state index in [4.69, 9.17) is 4.42 Å². The SMILES string of the molecule is c1cc(-c2ccccc2-n2c3ccccc3c3ccccc32)cc(N(c2ccc(-c3ccc(-c4cccc5c4oc4ccccc45)cc3)cc2)c2ccc3c4ccccc4c4ccccc4c3c2)c1. The van der Waals surface area contributed by atoms with Gasteiger partial charge < -0.3 is 13.9 Å². The van der Waals surface area contributed by atoms with Crippen LogP contribution in [0.25, 0.3) is 115 Å². The highest BCUT2D eigenvalue weighted by Crippen LogP contribution is 2.44. The Morgan fingerprint density at radius 3 is 1.45 bits per heavy atom. The predicted molar refractivity (Wildman–Crippen MR) is 292 cm³/mol. The van der Waals surface area contributed by atoms with E-state index in [1.807, 2.05) is 12.1 Å². The molecule has 0 radical (unpaired) electrons. The van der Waals surface area contributed by atoms with Crippen LogP contribution in [0, 0.1) is 0 Å². The molecule has 0 fully saturated rings. The molecule has 0 spiro atoms. The van der Waals surface area contributed by atoms with E-state index in [0.717, 1.165) is 78.1 Å². The minimum Gasteiger partial charge on any atom is -0.455 e. The van der Waals surface area contributed by atoms with Crippen LogP contribution in [0.2, 0.25) is 0 Å². The molecule has 0 saturated carbocycles. The first-order valence-electron chi connectivity index (χ1n) is 23.7. The van der Waals surface area contributed by atoms with Gasteiger partial charge in [0.25, 0.3) is 0 Å². The number of furan rings is 1. The molecule has 69 heavy (non-hydrogen) atoms. The number of rotatable bonds is 7. The Bertz CT molecular complexity index is 4220. The second kappa shape index (κ2) is 15.7. The van der Waals surface area contributed by atoms with Crippen molar-refractivity contribution in [1.29, 1.82) is 0 Å². The molecule has 0 bridgehead atoms. The molecule has 14 aromatic rings. The zero-order valence-corrected chi connectivity index (χ0v) is 37.6. The second-order valence-electron chi connectivity index (χ2n) is 18.0. The molecule has 3 heteroatoms. The van der Waals surface area contributed by atoms with E-state index in [1.165, 1.54) is 54.1 Å². The van der Waals surface area contributed by atoms with Gasteiger partial charge in [-0.1, -0.05) is 194 Å². The van der Waals surface area contributed by atoms with Gasteiger partial charge in [0, 0.05) is 49.7 Å². The Morgan fingerprint density at radius 2 is 0.754 bits per heavy atom. The van der Waals surface area contributed by atoms with Crippen LogP contribution in [0.1, 0.15) is 0 Å². The molecule has 2 aromatic heterocycles. The van der Waals surface area contributed by atoms with Gasteiger partial charge in [0.2, 0.25) is 0 Å². The summed E-state index contributed by atoms with van der Waals surface area (Å²) < 4.78 is 8.83. The molecule has 12 aromatic carbocycles. The standard InChI is InChI=1S/C66H42N2O/c1-2-20-54-52(18-1)53-19-3-4-21-55(53)61-42-49(39-40-56(54)61)67(47-37-35-44(36-38-47)43-31-33-45(34-32-43)51-25-14-26-60-59-24-8-12-30-65(59)69-66(51)60)48-16-13-15-46(41-48)50-17-5-9-27-62(50)68-63-28-10-6-22-57(63)58-23-7-11-29-64(58)68/h1-42H. The van der Waals surface area contributed by atoms with Crippen LogP contribution in [-0.2, 0) is 0 Å². The maximum atomic E-state index is 6.41. The van der Waals surface area contributed by atoms with E-state index in [-0.39, 0.29) is 0 Å².